The molecule has 0 unspecified atom stereocenters. The maximum atomic E-state index is 13.4. The van der Waals surface area contributed by atoms with Crippen molar-refractivity contribution in [3.63, 3.8) is 0 Å². The van der Waals surface area contributed by atoms with Crippen LogP contribution in [0.15, 0.2) is 59.6 Å². The molecular formula is C23H19ClN2O4S. The van der Waals surface area contributed by atoms with Crippen molar-refractivity contribution >= 4 is 51.7 Å². The Labute approximate surface area is 188 Å². The summed E-state index contributed by atoms with van der Waals surface area (Å²) in [4.78, 5) is 28.7. The predicted molar refractivity (Wildman–Crippen MR) is 123 cm³/mol. The number of nitrogens with zero attached hydrogens (tertiary/aromatic N) is 1. The summed E-state index contributed by atoms with van der Waals surface area (Å²) in [6.45, 7) is 1.81. The highest BCUT2D eigenvalue weighted by atomic mass is 35.5. The number of methoxy groups -OCH3 is 2. The number of carbonyl (C=O) groups is 2. The van der Waals surface area contributed by atoms with Gasteiger partial charge in [0.2, 0.25) is 0 Å². The lowest BCUT2D eigenvalue weighted by Crippen LogP contribution is -2.33. The molecule has 1 N–H and O–H groups in total. The van der Waals surface area contributed by atoms with Crippen LogP contribution in [0.4, 0.5) is 11.4 Å². The molecule has 8 heteroatoms. The highest BCUT2D eigenvalue weighted by molar-refractivity contribution is 7.11. The van der Waals surface area contributed by atoms with Crippen LogP contribution >= 0.6 is 22.9 Å². The number of benzene rings is 2. The van der Waals surface area contributed by atoms with E-state index in [1.54, 1.807) is 43.5 Å². The first-order valence-electron chi connectivity index (χ1n) is 9.36. The number of rotatable bonds is 6. The first kappa shape index (κ1) is 21.0. The standard InChI is InChI=1S/C23H19ClN2O4S/c1-13-11-14(24)6-8-16(13)26-22(27)20(19-5-4-10-31-19)21(23(26)28)25-15-7-9-17(29-2)18(12-15)30-3/h4-12,25H,1-3H3. The summed E-state index contributed by atoms with van der Waals surface area (Å²) >= 11 is 7.46. The molecule has 0 bridgehead atoms. The number of hydrogen-bond acceptors (Lipinski definition) is 6. The van der Waals surface area contributed by atoms with Crippen molar-refractivity contribution in [2.75, 3.05) is 24.4 Å². The maximum Gasteiger partial charge on any atom is 0.282 e. The van der Waals surface area contributed by atoms with Gasteiger partial charge in [0.05, 0.1) is 25.5 Å². The molecule has 2 aromatic carbocycles. The van der Waals surface area contributed by atoms with Crippen molar-refractivity contribution in [3.8, 4) is 11.5 Å². The molecule has 2 heterocycles. The van der Waals surface area contributed by atoms with Crippen molar-refractivity contribution in [2.24, 2.45) is 0 Å². The highest BCUT2D eigenvalue weighted by Gasteiger charge is 2.41. The zero-order valence-electron chi connectivity index (χ0n) is 17.1. The first-order valence-corrected chi connectivity index (χ1v) is 10.6. The molecule has 158 valence electrons. The summed E-state index contributed by atoms with van der Waals surface area (Å²) < 4.78 is 10.6. The summed E-state index contributed by atoms with van der Waals surface area (Å²) in [5.41, 5.74) is 2.35. The fraction of sp³-hybridized carbons (Fsp3) is 0.130. The number of thiophene rings is 1. The van der Waals surface area contributed by atoms with Crippen molar-refractivity contribution in [1.82, 2.24) is 0 Å². The maximum absolute atomic E-state index is 13.4. The number of amides is 2. The third-order valence-corrected chi connectivity index (χ3v) is 6.03. The van der Waals surface area contributed by atoms with E-state index < -0.39 is 5.91 Å². The van der Waals surface area contributed by atoms with Gasteiger partial charge in [0.25, 0.3) is 11.8 Å². The summed E-state index contributed by atoms with van der Waals surface area (Å²) in [6, 6.07) is 13.9. The number of halogens is 1. The van der Waals surface area contributed by atoms with Gasteiger partial charge in [-0.05, 0) is 54.3 Å². The Morgan fingerprint density at radius 2 is 1.74 bits per heavy atom. The molecule has 0 radical (unpaired) electrons. The summed E-state index contributed by atoms with van der Waals surface area (Å²) in [5, 5.41) is 5.53. The molecule has 1 aliphatic rings. The second kappa shape index (κ2) is 8.45. The molecule has 2 amide bonds. The monoisotopic (exact) mass is 454 g/mol. The van der Waals surface area contributed by atoms with Gasteiger partial charge in [-0.25, -0.2) is 4.90 Å². The Morgan fingerprint density at radius 3 is 2.39 bits per heavy atom. The van der Waals surface area contributed by atoms with Gasteiger partial charge in [-0.1, -0.05) is 17.7 Å². The number of carbonyl (C=O) groups excluding carboxylic acids is 2. The van der Waals surface area contributed by atoms with Crippen LogP contribution in [0.25, 0.3) is 5.57 Å². The molecule has 0 saturated carbocycles. The van der Waals surface area contributed by atoms with E-state index in [1.807, 2.05) is 24.4 Å². The predicted octanol–water partition coefficient (Wildman–Crippen LogP) is 5.12. The largest absolute Gasteiger partial charge is 0.493 e. The van der Waals surface area contributed by atoms with E-state index in [2.05, 4.69) is 5.32 Å². The molecule has 0 saturated heterocycles. The van der Waals surface area contributed by atoms with Crippen molar-refractivity contribution < 1.29 is 19.1 Å². The average Bonchev–Trinajstić information content (AvgIpc) is 3.36. The molecule has 0 atom stereocenters. The van der Waals surface area contributed by atoms with Gasteiger partial charge in [-0.3, -0.25) is 9.59 Å². The Kier molecular flexibility index (Phi) is 5.71. The number of ether oxygens (including phenoxy) is 2. The molecule has 0 fully saturated rings. The quantitative estimate of drug-likeness (QED) is 0.523. The Balaban J connectivity index is 1.79. The molecule has 1 aliphatic heterocycles. The molecular weight excluding hydrogens is 436 g/mol. The molecule has 3 aromatic rings. The van der Waals surface area contributed by atoms with Gasteiger partial charge in [-0.15, -0.1) is 11.3 Å². The lowest BCUT2D eigenvalue weighted by Gasteiger charge is -2.18. The zero-order valence-corrected chi connectivity index (χ0v) is 18.6. The normalized spacial score (nSPS) is 13.7. The number of hydrogen-bond donors (Lipinski definition) is 1. The van der Waals surface area contributed by atoms with Crippen LogP contribution in [0.5, 0.6) is 11.5 Å². The molecule has 31 heavy (non-hydrogen) atoms. The van der Waals surface area contributed by atoms with Crippen LogP contribution in [-0.2, 0) is 9.59 Å². The molecule has 6 nitrogen and oxygen atoms in total. The van der Waals surface area contributed by atoms with Gasteiger partial charge in [0, 0.05) is 21.7 Å². The van der Waals surface area contributed by atoms with Gasteiger partial charge in [0.1, 0.15) is 5.70 Å². The van der Waals surface area contributed by atoms with Gasteiger partial charge in [-0.2, -0.15) is 0 Å². The van der Waals surface area contributed by atoms with E-state index in [1.165, 1.54) is 23.3 Å². The van der Waals surface area contributed by atoms with Crippen LogP contribution in [0.2, 0.25) is 5.02 Å². The SMILES string of the molecule is COc1ccc(NC2=C(c3cccs3)C(=O)N(c3ccc(Cl)cc3C)C2=O)cc1OC. The van der Waals surface area contributed by atoms with E-state index in [4.69, 9.17) is 21.1 Å². The van der Waals surface area contributed by atoms with Crippen LogP contribution < -0.4 is 19.7 Å². The van der Waals surface area contributed by atoms with E-state index in [0.29, 0.717) is 38.3 Å². The van der Waals surface area contributed by atoms with Gasteiger partial charge in [0.15, 0.2) is 11.5 Å². The molecule has 0 aliphatic carbocycles. The number of nitrogens with one attached hydrogen (secondary N) is 1. The van der Waals surface area contributed by atoms with E-state index in [9.17, 15) is 9.59 Å². The zero-order chi connectivity index (χ0) is 22.1. The second-order valence-electron chi connectivity index (χ2n) is 6.80. The fourth-order valence-electron chi connectivity index (χ4n) is 3.44. The lowest BCUT2D eigenvalue weighted by molar-refractivity contribution is -0.120. The lowest BCUT2D eigenvalue weighted by atomic mass is 10.1. The third kappa shape index (κ3) is 3.78. The van der Waals surface area contributed by atoms with Gasteiger partial charge < -0.3 is 14.8 Å². The van der Waals surface area contributed by atoms with E-state index in [0.717, 1.165) is 5.56 Å². The Morgan fingerprint density at radius 1 is 0.968 bits per heavy atom. The van der Waals surface area contributed by atoms with Crippen LogP contribution in [-0.4, -0.2) is 26.0 Å². The summed E-state index contributed by atoms with van der Waals surface area (Å²) in [5.74, 6) is 0.246. The summed E-state index contributed by atoms with van der Waals surface area (Å²) in [6.07, 6.45) is 0. The Bertz CT molecular complexity index is 1200. The van der Waals surface area contributed by atoms with E-state index >= 15 is 0 Å². The topological polar surface area (TPSA) is 67.9 Å². The second-order valence-corrected chi connectivity index (χ2v) is 8.18. The highest BCUT2D eigenvalue weighted by Crippen LogP contribution is 2.38. The van der Waals surface area contributed by atoms with E-state index in [-0.39, 0.29) is 11.6 Å². The van der Waals surface area contributed by atoms with Crippen molar-refractivity contribution in [3.05, 3.63) is 75.1 Å². The van der Waals surface area contributed by atoms with Crippen LogP contribution in [0.3, 0.4) is 0 Å². The van der Waals surface area contributed by atoms with Crippen molar-refractivity contribution in [1.29, 1.82) is 0 Å². The molecule has 4 rings (SSSR count). The Hall–Kier alpha value is -3.29. The first-order chi connectivity index (χ1) is 14.9. The van der Waals surface area contributed by atoms with Gasteiger partial charge >= 0.3 is 0 Å². The van der Waals surface area contributed by atoms with Crippen LogP contribution in [0.1, 0.15) is 10.4 Å². The smallest absolute Gasteiger partial charge is 0.282 e. The average molecular weight is 455 g/mol. The van der Waals surface area contributed by atoms with Crippen molar-refractivity contribution in [2.45, 2.75) is 6.92 Å². The fourth-order valence-corrected chi connectivity index (χ4v) is 4.44. The minimum absolute atomic E-state index is 0.203. The molecule has 0 spiro atoms. The molecule has 1 aromatic heterocycles. The third-order valence-electron chi connectivity index (χ3n) is 4.90. The summed E-state index contributed by atoms with van der Waals surface area (Å²) in [7, 11) is 3.08. The number of aryl methyl sites for hydroxylation is 1. The minimum Gasteiger partial charge on any atom is -0.493 e. The van der Waals surface area contributed by atoms with Crippen LogP contribution in [0, 0.1) is 6.92 Å². The number of imide groups is 1. The number of anilines is 2. The minimum atomic E-state index is -0.436.